The lowest BCUT2D eigenvalue weighted by Crippen LogP contribution is -2.46. The molecule has 3 aliphatic rings. The summed E-state index contributed by atoms with van der Waals surface area (Å²) < 4.78 is 46.8. The summed E-state index contributed by atoms with van der Waals surface area (Å²) in [6.45, 7) is -0.164. The fourth-order valence-electron chi connectivity index (χ4n) is 5.39. The predicted octanol–water partition coefficient (Wildman–Crippen LogP) is 4.06. The van der Waals surface area contributed by atoms with Gasteiger partial charge in [-0.2, -0.15) is 13.2 Å². The molecular weight excluding hydrogens is 489 g/mol. The van der Waals surface area contributed by atoms with Crippen molar-refractivity contribution in [2.45, 2.75) is 62.9 Å². The van der Waals surface area contributed by atoms with Crippen molar-refractivity contribution in [1.82, 2.24) is 9.97 Å². The van der Waals surface area contributed by atoms with Gasteiger partial charge in [-0.3, -0.25) is 9.78 Å². The Labute approximate surface area is 211 Å². The van der Waals surface area contributed by atoms with Crippen LogP contribution in [0.15, 0.2) is 42.2 Å². The van der Waals surface area contributed by atoms with E-state index in [0.29, 0.717) is 31.5 Å². The van der Waals surface area contributed by atoms with Gasteiger partial charge in [-0.1, -0.05) is 0 Å². The third-order valence-corrected chi connectivity index (χ3v) is 7.35. The number of Topliss-reactive ketones (excluding diaryl/α,β-unsaturated/α-hetero) is 1. The maximum atomic E-state index is 13.6. The summed E-state index contributed by atoms with van der Waals surface area (Å²) in [5.74, 6) is -0.828. The van der Waals surface area contributed by atoms with Crippen LogP contribution in [-0.4, -0.2) is 51.6 Å². The number of nitrogens with zero attached hydrogens (tertiary/aromatic N) is 3. The standard InChI is InChI=1S/C26H27F3N4O4/c27-26(28,29)24-19(2-1-9-31-24)22(30)20(23(34)14-3-4-14)13-37-18-10-16-6-7-17(11-18)33(16)21-8-5-15(12-32-21)25(35)36/h1-2,5,8-9,12,14,16-18H,3-4,6-7,10-11,13,30H2,(H,35,36)/t16-,17?,18?/m0/s1. The van der Waals surface area contributed by atoms with Gasteiger partial charge in [-0.05, 0) is 62.8 Å². The Bertz CT molecular complexity index is 1210. The van der Waals surface area contributed by atoms with E-state index in [2.05, 4.69) is 14.9 Å². The number of piperidine rings is 1. The van der Waals surface area contributed by atoms with Crippen molar-refractivity contribution in [1.29, 1.82) is 0 Å². The molecule has 2 bridgehead atoms. The van der Waals surface area contributed by atoms with E-state index >= 15 is 0 Å². The van der Waals surface area contributed by atoms with Crippen molar-refractivity contribution in [2.75, 3.05) is 11.5 Å². The molecule has 196 valence electrons. The minimum absolute atomic E-state index is 0.0710. The first kappa shape index (κ1) is 25.2. The summed E-state index contributed by atoms with van der Waals surface area (Å²) in [6.07, 6.45) is 2.01. The molecule has 2 aromatic rings. The summed E-state index contributed by atoms with van der Waals surface area (Å²) in [5.41, 5.74) is 4.72. The van der Waals surface area contributed by atoms with Gasteiger partial charge in [-0.25, -0.2) is 9.78 Å². The van der Waals surface area contributed by atoms with Gasteiger partial charge in [0.05, 0.1) is 24.0 Å². The Hall–Kier alpha value is -3.47. The lowest BCUT2D eigenvalue weighted by Gasteiger charge is -2.39. The number of pyridine rings is 2. The van der Waals surface area contributed by atoms with Crippen LogP contribution in [0.3, 0.4) is 0 Å². The molecule has 0 spiro atoms. The molecule has 1 saturated carbocycles. The molecule has 8 nitrogen and oxygen atoms in total. The van der Waals surface area contributed by atoms with Gasteiger partial charge >= 0.3 is 12.1 Å². The number of anilines is 1. The smallest absolute Gasteiger partial charge is 0.434 e. The van der Waals surface area contributed by atoms with Crippen LogP contribution in [0.25, 0.3) is 5.70 Å². The van der Waals surface area contributed by atoms with Crippen molar-refractivity contribution in [3.05, 3.63) is 59.1 Å². The Morgan fingerprint density at radius 2 is 1.78 bits per heavy atom. The average molecular weight is 517 g/mol. The lowest BCUT2D eigenvalue weighted by molar-refractivity contribution is -0.141. The number of fused-ring (bicyclic) bond motifs is 2. The molecule has 1 aliphatic carbocycles. The summed E-state index contributed by atoms with van der Waals surface area (Å²) in [4.78, 5) is 34.2. The molecule has 3 atom stereocenters. The zero-order valence-electron chi connectivity index (χ0n) is 19.9. The fourth-order valence-corrected chi connectivity index (χ4v) is 5.39. The first-order chi connectivity index (χ1) is 17.6. The quantitative estimate of drug-likeness (QED) is 0.505. The van der Waals surface area contributed by atoms with Crippen molar-refractivity contribution in [3.63, 3.8) is 0 Å². The largest absolute Gasteiger partial charge is 0.478 e. The minimum atomic E-state index is -4.71. The molecule has 0 radical (unpaired) electrons. The van der Waals surface area contributed by atoms with Crippen molar-refractivity contribution in [2.24, 2.45) is 11.7 Å². The molecule has 2 saturated heterocycles. The van der Waals surface area contributed by atoms with E-state index in [-0.39, 0.29) is 58.9 Å². The van der Waals surface area contributed by atoms with E-state index in [1.54, 1.807) is 6.07 Å². The van der Waals surface area contributed by atoms with Crippen LogP contribution in [-0.2, 0) is 15.7 Å². The van der Waals surface area contributed by atoms with Gasteiger partial charge in [-0.15, -0.1) is 0 Å². The van der Waals surface area contributed by atoms with Crippen LogP contribution < -0.4 is 10.6 Å². The molecule has 2 aliphatic heterocycles. The zero-order chi connectivity index (χ0) is 26.3. The molecular formula is C26H27F3N4O4. The van der Waals surface area contributed by atoms with Gasteiger partial charge in [0, 0.05) is 41.5 Å². The van der Waals surface area contributed by atoms with Crippen LogP contribution >= 0.6 is 0 Å². The highest BCUT2D eigenvalue weighted by Crippen LogP contribution is 2.41. The zero-order valence-corrected chi connectivity index (χ0v) is 19.9. The number of hydrogen-bond acceptors (Lipinski definition) is 7. The second-order valence-corrected chi connectivity index (χ2v) is 9.83. The van der Waals surface area contributed by atoms with E-state index in [1.807, 2.05) is 0 Å². The molecule has 2 unspecified atom stereocenters. The van der Waals surface area contributed by atoms with Crippen LogP contribution in [0.1, 0.15) is 60.1 Å². The first-order valence-electron chi connectivity index (χ1n) is 12.3. The van der Waals surface area contributed by atoms with Crippen molar-refractivity contribution in [3.8, 4) is 0 Å². The number of nitrogens with two attached hydrogens (primary N) is 1. The van der Waals surface area contributed by atoms with Crippen LogP contribution in [0, 0.1) is 5.92 Å². The average Bonchev–Trinajstić information content (AvgIpc) is 3.68. The maximum Gasteiger partial charge on any atom is 0.434 e. The SMILES string of the molecule is NC(=C(COC1CC2CC[C@@H](C1)N2c1ccc(C(=O)O)cn1)C(=O)C1CC1)c1cccnc1C(F)(F)F. The van der Waals surface area contributed by atoms with Gasteiger partial charge in [0.15, 0.2) is 11.5 Å². The second kappa shape index (κ2) is 9.77. The van der Waals surface area contributed by atoms with Gasteiger partial charge in [0.2, 0.25) is 0 Å². The molecule has 0 aromatic carbocycles. The number of ether oxygens (including phenoxy) is 1. The maximum absolute atomic E-state index is 13.6. The first-order valence-corrected chi connectivity index (χ1v) is 12.3. The van der Waals surface area contributed by atoms with Gasteiger partial charge in [0.1, 0.15) is 5.82 Å². The van der Waals surface area contributed by atoms with Gasteiger partial charge in [0.25, 0.3) is 0 Å². The van der Waals surface area contributed by atoms with E-state index in [1.165, 1.54) is 24.4 Å². The molecule has 3 N–H and O–H groups in total. The lowest BCUT2D eigenvalue weighted by atomic mass is 9.98. The predicted molar refractivity (Wildman–Crippen MR) is 128 cm³/mol. The van der Waals surface area contributed by atoms with Crippen LogP contribution in [0.2, 0.25) is 0 Å². The minimum Gasteiger partial charge on any atom is -0.478 e. The van der Waals surface area contributed by atoms with E-state index in [4.69, 9.17) is 15.6 Å². The number of aromatic carboxylic acids is 1. The Morgan fingerprint density at radius 1 is 1.08 bits per heavy atom. The highest BCUT2D eigenvalue weighted by Gasteiger charge is 2.43. The van der Waals surface area contributed by atoms with Crippen molar-refractivity contribution < 1.29 is 32.6 Å². The molecule has 3 fully saturated rings. The number of ketones is 1. The third-order valence-electron chi connectivity index (χ3n) is 7.35. The summed E-state index contributed by atoms with van der Waals surface area (Å²) in [6, 6.07) is 6.09. The number of hydrogen-bond donors (Lipinski definition) is 2. The third kappa shape index (κ3) is 5.18. The van der Waals surface area contributed by atoms with Crippen LogP contribution in [0.4, 0.5) is 19.0 Å². The Morgan fingerprint density at radius 3 is 2.35 bits per heavy atom. The number of carboxylic acid groups (broad SMARTS) is 1. The number of carbonyl (C=O) groups excluding carboxylic acids is 1. The molecule has 2 aromatic heterocycles. The Balaban J connectivity index is 1.33. The van der Waals surface area contributed by atoms with Crippen LogP contribution in [0.5, 0.6) is 0 Å². The highest BCUT2D eigenvalue weighted by molar-refractivity contribution is 6.05. The van der Waals surface area contributed by atoms with E-state index in [9.17, 15) is 22.8 Å². The van der Waals surface area contributed by atoms with Gasteiger partial charge < -0.3 is 20.5 Å². The molecule has 5 rings (SSSR count). The Kier molecular flexibility index (Phi) is 6.65. The number of aromatic nitrogens is 2. The van der Waals surface area contributed by atoms with E-state index < -0.39 is 17.8 Å². The van der Waals surface area contributed by atoms with E-state index in [0.717, 1.165) is 19.0 Å². The summed E-state index contributed by atoms with van der Waals surface area (Å²) in [7, 11) is 0. The number of carbonyl (C=O) groups is 2. The normalized spacial score (nSPS) is 24.1. The molecule has 0 amide bonds. The molecule has 37 heavy (non-hydrogen) atoms. The summed E-state index contributed by atoms with van der Waals surface area (Å²) in [5, 5.41) is 9.12. The topological polar surface area (TPSA) is 119 Å². The number of carboxylic acids is 1. The number of rotatable bonds is 8. The molecule has 11 heteroatoms. The summed E-state index contributed by atoms with van der Waals surface area (Å²) >= 11 is 0. The second-order valence-electron chi connectivity index (χ2n) is 9.83. The van der Waals surface area contributed by atoms with Crippen molar-refractivity contribution >= 4 is 23.3 Å². The monoisotopic (exact) mass is 516 g/mol. The highest BCUT2D eigenvalue weighted by atomic mass is 19.4. The number of alkyl halides is 3. The number of halogens is 3. The molecule has 4 heterocycles. The fraction of sp³-hybridized carbons (Fsp3) is 0.462.